The minimum absolute atomic E-state index is 0.0232. The zero-order valence-corrected chi connectivity index (χ0v) is 18.1. The highest BCUT2D eigenvalue weighted by molar-refractivity contribution is 6.30. The third kappa shape index (κ3) is 5.07. The van der Waals surface area contributed by atoms with Crippen LogP contribution in [0.15, 0.2) is 42.6 Å². The SMILES string of the molecule is O=C(O)C(F)(F)F.O=C1NCCc2[nH]c(-c3ccnc(C4=Cc5cc(Cl)ccc5OC4)c3)cc21. The molecule has 176 valence electrons. The third-order valence-electron chi connectivity index (χ3n) is 5.13. The number of benzene rings is 1. The molecule has 0 fully saturated rings. The first kappa shape index (κ1) is 23.4. The summed E-state index contributed by atoms with van der Waals surface area (Å²) in [5.74, 6) is -1.96. The smallest absolute Gasteiger partial charge is 0.488 e. The molecule has 1 amide bonds. The number of alkyl halides is 3. The van der Waals surface area contributed by atoms with E-state index in [1.54, 1.807) is 6.20 Å². The number of amides is 1. The van der Waals surface area contributed by atoms with Crippen LogP contribution in [0, 0.1) is 0 Å². The van der Waals surface area contributed by atoms with E-state index in [9.17, 15) is 18.0 Å². The second kappa shape index (κ2) is 9.22. The molecule has 0 radical (unpaired) electrons. The number of carboxylic acid groups (broad SMARTS) is 1. The number of carboxylic acids is 1. The van der Waals surface area contributed by atoms with Gasteiger partial charge in [-0.25, -0.2) is 4.79 Å². The van der Waals surface area contributed by atoms with Crippen LogP contribution < -0.4 is 10.1 Å². The molecule has 11 heteroatoms. The summed E-state index contributed by atoms with van der Waals surface area (Å²) in [6.45, 7) is 1.12. The van der Waals surface area contributed by atoms with Gasteiger partial charge in [0.1, 0.15) is 12.4 Å². The van der Waals surface area contributed by atoms with Crippen molar-refractivity contribution in [2.45, 2.75) is 12.6 Å². The van der Waals surface area contributed by atoms with Crippen LogP contribution >= 0.6 is 11.6 Å². The molecule has 3 N–H and O–H groups in total. The molecule has 0 saturated heterocycles. The number of aromatic nitrogens is 2. The van der Waals surface area contributed by atoms with Crippen LogP contribution in [0.4, 0.5) is 13.2 Å². The van der Waals surface area contributed by atoms with Crippen molar-refractivity contribution < 1.29 is 32.6 Å². The summed E-state index contributed by atoms with van der Waals surface area (Å²) in [6.07, 6.45) is -0.432. The van der Waals surface area contributed by atoms with Gasteiger partial charge in [0.15, 0.2) is 0 Å². The molecule has 0 spiro atoms. The minimum atomic E-state index is -5.08. The molecule has 0 unspecified atom stereocenters. The molecule has 2 aromatic heterocycles. The average molecular weight is 492 g/mol. The number of nitrogens with one attached hydrogen (secondary N) is 2. The van der Waals surface area contributed by atoms with Gasteiger partial charge in [0.25, 0.3) is 5.91 Å². The van der Waals surface area contributed by atoms with Crippen LogP contribution in [0.25, 0.3) is 22.9 Å². The molecule has 0 saturated carbocycles. The summed E-state index contributed by atoms with van der Waals surface area (Å²) in [6, 6.07) is 11.4. The van der Waals surface area contributed by atoms with E-state index in [0.29, 0.717) is 18.2 Å². The predicted octanol–water partition coefficient (Wildman–Crippen LogP) is 4.58. The van der Waals surface area contributed by atoms with Crippen molar-refractivity contribution in [1.82, 2.24) is 15.3 Å². The van der Waals surface area contributed by atoms with Crippen molar-refractivity contribution in [2.24, 2.45) is 0 Å². The Labute approximate surface area is 196 Å². The number of nitrogens with zero attached hydrogens (tertiary/aromatic N) is 1. The standard InChI is InChI=1S/C21H16ClN3O2.C2HF3O2/c22-15-1-2-20-13(8-15)7-14(11-27-20)18-9-12(3-5-23-18)19-10-16-17(25-19)4-6-24-21(16)26;3-2(4,5)1(6)7/h1-3,5,7-10,25H,4,6,11H2,(H,24,26);(H,6,7). The van der Waals surface area contributed by atoms with Crippen LogP contribution in [0.5, 0.6) is 5.75 Å². The average Bonchev–Trinajstić information content (AvgIpc) is 3.24. The van der Waals surface area contributed by atoms with Crippen LogP contribution in [-0.4, -0.2) is 46.3 Å². The van der Waals surface area contributed by atoms with E-state index in [1.165, 1.54) is 0 Å². The van der Waals surface area contributed by atoms with Crippen molar-refractivity contribution >= 4 is 35.1 Å². The fraction of sp³-hybridized carbons (Fsp3) is 0.174. The van der Waals surface area contributed by atoms with E-state index in [1.807, 2.05) is 36.4 Å². The van der Waals surface area contributed by atoms with Crippen LogP contribution in [0.2, 0.25) is 5.02 Å². The predicted molar refractivity (Wildman–Crippen MR) is 119 cm³/mol. The van der Waals surface area contributed by atoms with E-state index in [-0.39, 0.29) is 5.91 Å². The van der Waals surface area contributed by atoms with Crippen LogP contribution in [-0.2, 0) is 11.2 Å². The summed E-state index contributed by atoms with van der Waals surface area (Å²) >= 11 is 6.10. The maximum absolute atomic E-state index is 12.0. The van der Waals surface area contributed by atoms with E-state index in [0.717, 1.165) is 51.5 Å². The monoisotopic (exact) mass is 491 g/mol. The van der Waals surface area contributed by atoms with E-state index >= 15 is 0 Å². The number of fused-ring (bicyclic) bond motifs is 2. The molecule has 0 atom stereocenters. The Balaban J connectivity index is 0.000000344. The lowest BCUT2D eigenvalue weighted by Gasteiger charge is -2.18. The molecule has 2 aliphatic rings. The maximum atomic E-state index is 12.0. The van der Waals surface area contributed by atoms with Gasteiger partial charge in [-0.1, -0.05) is 11.6 Å². The Hall–Kier alpha value is -3.79. The first-order valence-electron chi connectivity index (χ1n) is 10.0. The molecule has 1 aromatic carbocycles. The number of carbonyl (C=O) groups is 2. The van der Waals surface area contributed by atoms with Crippen LogP contribution in [0.3, 0.4) is 0 Å². The lowest BCUT2D eigenvalue weighted by molar-refractivity contribution is -0.192. The lowest BCUT2D eigenvalue weighted by Crippen LogP contribution is -2.31. The van der Waals surface area contributed by atoms with Gasteiger partial charge in [0.05, 0.1) is 11.3 Å². The number of aromatic amines is 1. The third-order valence-corrected chi connectivity index (χ3v) is 5.37. The zero-order valence-electron chi connectivity index (χ0n) is 17.4. The molecule has 4 heterocycles. The number of carbonyl (C=O) groups excluding carboxylic acids is 1. The fourth-order valence-electron chi connectivity index (χ4n) is 3.52. The van der Waals surface area contributed by atoms with Gasteiger partial charge in [-0.2, -0.15) is 13.2 Å². The minimum Gasteiger partial charge on any atom is -0.488 e. The number of hydrogen-bond acceptors (Lipinski definition) is 4. The molecule has 3 aromatic rings. The lowest BCUT2D eigenvalue weighted by atomic mass is 10.0. The number of H-pyrrole nitrogens is 1. The Bertz CT molecular complexity index is 1300. The van der Waals surface area contributed by atoms with Crippen molar-refractivity contribution in [3.63, 3.8) is 0 Å². The second-order valence-corrected chi connectivity index (χ2v) is 7.89. The Kier molecular flexibility index (Phi) is 6.34. The van der Waals surface area contributed by atoms with Crippen molar-refractivity contribution in [3.8, 4) is 17.0 Å². The Morgan fingerprint density at radius 2 is 1.94 bits per heavy atom. The quantitative estimate of drug-likeness (QED) is 0.486. The normalized spacial score (nSPS) is 14.5. The second-order valence-electron chi connectivity index (χ2n) is 7.45. The number of halogens is 4. The number of hydrogen-bond donors (Lipinski definition) is 3. The summed E-state index contributed by atoms with van der Waals surface area (Å²) < 4.78 is 37.6. The van der Waals surface area contributed by atoms with Gasteiger partial charge in [-0.3, -0.25) is 9.78 Å². The van der Waals surface area contributed by atoms with Gasteiger partial charge in [-0.05, 0) is 42.5 Å². The van der Waals surface area contributed by atoms with E-state index < -0.39 is 12.1 Å². The summed E-state index contributed by atoms with van der Waals surface area (Å²) in [5, 5.41) is 10.7. The maximum Gasteiger partial charge on any atom is 0.490 e. The molecular formula is C23H17ClF3N3O4. The van der Waals surface area contributed by atoms with Gasteiger partial charge in [-0.15, -0.1) is 0 Å². The summed E-state index contributed by atoms with van der Waals surface area (Å²) in [4.78, 5) is 28.8. The summed E-state index contributed by atoms with van der Waals surface area (Å²) in [5.41, 5.74) is 6.38. The van der Waals surface area contributed by atoms with Crippen LogP contribution in [0.1, 0.15) is 27.3 Å². The molecule has 5 rings (SSSR count). The fourth-order valence-corrected chi connectivity index (χ4v) is 3.70. The topological polar surface area (TPSA) is 104 Å². The molecule has 0 aliphatic carbocycles. The van der Waals surface area contributed by atoms with Gasteiger partial charge in [0.2, 0.25) is 0 Å². The highest BCUT2D eigenvalue weighted by Crippen LogP contribution is 2.33. The first-order chi connectivity index (χ1) is 16.1. The highest BCUT2D eigenvalue weighted by Gasteiger charge is 2.38. The van der Waals surface area contributed by atoms with Gasteiger partial charge >= 0.3 is 12.1 Å². The molecular weight excluding hydrogens is 475 g/mol. The number of aliphatic carboxylic acids is 1. The first-order valence-corrected chi connectivity index (χ1v) is 10.4. The number of ether oxygens (including phenoxy) is 1. The number of rotatable bonds is 2. The van der Waals surface area contributed by atoms with E-state index in [4.69, 9.17) is 26.2 Å². The molecule has 34 heavy (non-hydrogen) atoms. The highest BCUT2D eigenvalue weighted by atomic mass is 35.5. The Morgan fingerprint density at radius 1 is 1.18 bits per heavy atom. The van der Waals surface area contributed by atoms with E-state index in [2.05, 4.69) is 21.4 Å². The van der Waals surface area contributed by atoms with Crippen molar-refractivity contribution in [3.05, 3.63) is 70.1 Å². The molecule has 2 aliphatic heterocycles. The van der Waals surface area contributed by atoms with Crippen molar-refractivity contribution in [2.75, 3.05) is 13.2 Å². The molecule has 7 nitrogen and oxygen atoms in total. The zero-order chi connectivity index (χ0) is 24.5. The van der Waals surface area contributed by atoms with Gasteiger partial charge < -0.3 is 20.1 Å². The largest absolute Gasteiger partial charge is 0.490 e. The van der Waals surface area contributed by atoms with Gasteiger partial charge in [0, 0.05) is 52.3 Å². The van der Waals surface area contributed by atoms with Crippen molar-refractivity contribution in [1.29, 1.82) is 0 Å². The summed E-state index contributed by atoms with van der Waals surface area (Å²) in [7, 11) is 0. The Morgan fingerprint density at radius 3 is 2.65 bits per heavy atom. The number of pyridine rings is 1. The molecule has 0 bridgehead atoms.